The lowest BCUT2D eigenvalue weighted by molar-refractivity contribution is -0.144. The smallest absolute Gasteiger partial charge is 0.346 e. The highest BCUT2D eigenvalue weighted by Crippen LogP contribution is 2.13. The van der Waals surface area contributed by atoms with Gasteiger partial charge in [-0.05, 0) is 24.3 Å². The minimum absolute atomic E-state index is 0.0992. The zero-order valence-corrected chi connectivity index (χ0v) is 7.68. The summed E-state index contributed by atoms with van der Waals surface area (Å²) in [5.41, 5.74) is 0.583. The maximum absolute atomic E-state index is 12.6. The molecule has 4 nitrogen and oxygen atoms in total. The molecule has 1 aliphatic heterocycles. The Morgan fingerprint density at radius 2 is 2.13 bits per heavy atom. The van der Waals surface area contributed by atoms with Crippen molar-refractivity contribution in [3.63, 3.8) is 0 Å². The van der Waals surface area contributed by atoms with Crippen molar-refractivity contribution < 1.29 is 19.0 Å². The number of ether oxygens (including phenoxy) is 1. The number of nitrogens with zero attached hydrogens (tertiary/aromatic N) is 1. The summed E-state index contributed by atoms with van der Waals surface area (Å²) in [4.78, 5) is 14.5. The molecular weight excluding hydrogens is 201 g/mol. The molecule has 0 fully saturated rings. The van der Waals surface area contributed by atoms with Crippen LogP contribution in [-0.2, 0) is 9.53 Å². The maximum atomic E-state index is 12.6. The fourth-order valence-corrected chi connectivity index (χ4v) is 1.26. The monoisotopic (exact) mass is 209 g/mol. The van der Waals surface area contributed by atoms with Gasteiger partial charge in [-0.2, -0.15) is 0 Å². The summed E-state index contributed by atoms with van der Waals surface area (Å²) in [6.45, 7) is 0.0992. The lowest BCUT2D eigenvalue weighted by atomic mass is 10.2. The highest BCUT2D eigenvalue weighted by Gasteiger charge is 2.26. The summed E-state index contributed by atoms with van der Waals surface area (Å²) >= 11 is 0. The van der Waals surface area contributed by atoms with Gasteiger partial charge in [0.15, 0.2) is 0 Å². The molecule has 1 N–H and O–H groups in total. The predicted molar refractivity (Wildman–Crippen MR) is 50.3 cm³/mol. The van der Waals surface area contributed by atoms with E-state index in [0.717, 1.165) is 0 Å². The van der Waals surface area contributed by atoms with Crippen molar-refractivity contribution in [3.8, 4) is 0 Å². The number of benzene rings is 1. The molecule has 0 bridgehead atoms. The molecule has 15 heavy (non-hydrogen) atoms. The van der Waals surface area contributed by atoms with Crippen LogP contribution in [0.1, 0.15) is 5.56 Å². The lowest BCUT2D eigenvalue weighted by Gasteiger charge is -2.05. The van der Waals surface area contributed by atoms with E-state index in [1.165, 1.54) is 24.3 Å². The normalized spacial score (nSPS) is 19.5. The van der Waals surface area contributed by atoms with Crippen molar-refractivity contribution >= 4 is 11.9 Å². The van der Waals surface area contributed by atoms with Gasteiger partial charge < -0.3 is 9.84 Å². The average molecular weight is 209 g/mol. The van der Waals surface area contributed by atoms with Crippen LogP contribution in [0.5, 0.6) is 0 Å². The highest BCUT2D eigenvalue weighted by atomic mass is 19.1. The molecule has 0 aliphatic carbocycles. The van der Waals surface area contributed by atoms with Crippen LogP contribution in [0.15, 0.2) is 29.3 Å². The van der Waals surface area contributed by atoms with E-state index < -0.39 is 12.1 Å². The van der Waals surface area contributed by atoms with E-state index in [1.807, 2.05) is 0 Å². The van der Waals surface area contributed by atoms with Crippen LogP contribution in [0.25, 0.3) is 0 Å². The van der Waals surface area contributed by atoms with Crippen molar-refractivity contribution in [1.29, 1.82) is 0 Å². The third-order valence-corrected chi connectivity index (χ3v) is 2.02. The van der Waals surface area contributed by atoms with Gasteiger partial charge in [-0.15, -0.1) is 0 Å². The summed E-state index contributed by atoms with van der Waals surface area (Å²) < 4.78 is 17.7. The molecule has 1 aromatic carbocycles. The van der Waals surface area contributed by atoms with Crippen molar-refractivity contribution in [2.75, 3.05) is 6.54 Å². The van der Waals surface area contributed by atoms with Crippen LogP contribution >= 0.6 is 0 Å². The quantitative estimate of drug-likeness (QED) is 0.792. The second-order valence-electron chi connectivity index (χ2n) is 3.10. The number of carbonyl (C=O) groups is 1. The van der Waals surface area contributed by atoms with Crippen molar-refractivity contribution in [2.24, 2.45) is 4.99 Å². The van der Waals surface area contributed by atoms with Gasteiger partial charge in [0.1, 0.15) is 5.82 Å². The first-order valence-corrected chi connectivity index (χ1v) is 4.36. The molecule has 0 amide bonds. The second kappa shape index (κ2) is 3.68. The fourth-order valence-electron chi connectivity index (χ4n) is 1.26. The van der Waals surface area contributed by atoms with Crippen LogP contribution in [0, 0.1) is 5.82 Å². The minimum atomic E-state index is -1.05. The third kappa shape index (κ3) is 1.96. The van der Waals surface area contributed by atoms with Gasteiger partial charge in [0, 0.05) is 5.56 Å². The van der Waals surface area contributed by atoms with Crippen LogP contribution in [-0.4, -0.2) is 29.6 Å². The van der Waals surface area contributed by atoms with Gasteiger partial charge in [-0.3, -0.25) is 0 Å². The molecule has 1 aromatic rings. The number of carboxylic acids is 1. The molecule has 1 unspecified atom stereocenters. The zero-order valence-electron chi connectivity index (χ0n) is 7.68. The first kappa shape index (κ1) is 9.64. The van der Waals surface area contributed by atoms with Gasteiger partial charge in [-0.1, -0.05) is 0 Å². The van der Waals surface area contributed by atoms with Gasteiger partial charge in [0.25, 0.3) is 0 Å². The molecule has 1 atom stereocenters. The molecule has 78 valence electrons. The van der Waals surface area contributed by atoms with E-state index in [0.29, 0.717) is 5.56 Å². The molecule has 0 spiro atoms. The van der Waals surface area contributed by atoms with Crippen molar-refractivity contribution in [2.45, 2.75) is 6.10 Å². The molecular formula is C10H8FNO3. The van der Waals surface area contributed by atoms with Crippen molar-refractivity contribution in [1.82, 2.24) is 0 Å². The Kier molecular flexibility index (Phi) is 2.37. The van der Waals surface area contributed by atoms with Crippen LogP contribution in [0.2, 0.25) is 0 Å². The van der Waals surface area contributed by atoms with Gasteiger partial charge in [0.2, 0.25) is 12.0 Å². The number of carboxylic acid groups (broad SMARTS) is 1. The number of aliphatic carboxylic acids is 1. The standard InChI is InChI=1S/C10H8FNO3/c11-7-3-1-6(2-4-7)9-12-5-8(15-9)10(13)14/h1-4,8H,5H2,(H,13,14). The van der Waals surface area contributed by atoms with E-state index in [2.05, 4.69) is 4.99 Å². The number of hydrogen-bond donors (Lipinski definition) is 1. The Balaban J connectivity index is 2.14. The lowest BCUT2D eigenvalue weighted by Crippen LogP contribution is -2.23. The minimum Gasteiger partial charge on any atom is -0.478 e. The van der Waals surface area contributed by atoms with Gasteiger partial charge >= 0.3 is 5.97 Å². The van der Waals surface area contributed by atoms with E-state index in [1.54, 1.807) is 0 Å². The summed E-state index contributed by atoms with van der Waals surface area (Å²) in [6.07, 6.45) is -0.926. The van der Waals surface area contributed by atoms with Gasteiger partial charge in [-0.25, -0.2) is 14.2 Å². The largest absolute Gasteiger partial charge is 0.478 e. The molecule has 0 aromatic heterocycles. The van der Waals surface area contributed by atoms with Crippen LogP contribution in [0.4, 0.5) is 4.39 Å². The number of aliphatic imine (C=N–C) groups is 1. The summed E-state index contributed by atoms with van der Waals surface area (Å²) in [6, 6.07) is 5.54. The number of hydrogen-bond acceptors (Lipinski definition) is 3. The predicted octanol–water partition coefficient (Wildman–Crippen LogP) is 1.06. The molecule has 0 radical (unpaired) electrons. The summed E-state index contributed by atoms with van der Waals surface area (Å²) in [5.74, 6) is -1.15. The molecule has 2 rings (SSSR count). The fraction of sp³-hybridized carbons (Fsp3) is 0.200. The average Bonchev–Trinajstić information content (AvgIpc) is 2.68. The SMILES string of the molecule is O=C(O)C1CN=C(c2ccc(F)cc2)O1. The number of rotatable bonds is 2. The van der Waals surface area contributed by atoms with E-state index in [-0.39, 0.29) is 18.3 Å². The summed E-state index contributed by atoms with van der Waals surface area (Å²) in [7, 11) is 0. The van der Waals surface area contributed by atoms with E-state index >= 15 is 0 Å². The molecule has 5 heteroatoms. The van der Waals surface area contributed by atoms with E-state index in [9.17, 15) is 9.18 Å². The van der Waals surface area contributed by atoms with Crippen LogP contribution in [0.3, 0.4) is 0 Å². The van der Waals surface area contributed by atoms with Crippen LogP contribution < -0.4 is 0 Å². The molecule has 0 saturated heterocycles. The Morgan fingerprint density at radius 3 is 2.67 bits per heavy atom. The van der Waals surface area contributed by atoms with E-state index in [4.69, 9.17) is 9.84 Å². The molecule has 1 heterocycles. The number of halogens is 1. The zero-order chi connectivity index (χ0) is 10.8. The Labute approximate surface area is 85.0 Å². The molecule has 1 aliphatic rings. The van der Waals surface area contributed by atoms with Crippen molar-refractivity contribution in [3.05, 3.63) is 35.6 Å². The first-order valence-electron chi connectivity index (χ1n) is 4.36. The Morgan fingerprint density at radius 1 is 1.47 bits per heavy atom. The first-order chi connectivity index (χ1) is 7.16. The Bertz CT molecular complexity index is 413. The molecule has 0 saturated carbocycles. The second-order valence-corrected chi connectivity index (χ2v) is 3.10. The Hall–Kier alpha value is -1.91. The highest BCUT2D eigenvalue weighted by molar-refractivity contribution is 5.97. The summed E-state index contributed by atoms with van der Waals surface area (Å²) in [5, 5.41) is 8.66. The van der Waals surface area contributed by atoms with Gasteiger partial charge in [0.05, 0.1) is 6.54 Å². The topological polar surface area (TPSA) is 58.9 Å². The maximum Gasteiger partial charge on any atom is 0.346 e. The third-order valence-electron chi connectivity index (χ3n) is 2.02.